The Balaban J connectivity index is 1.63. The van der Waals surface area contributed by atoms with E-state index in [1.165, 1.54) is 37.9 Å². The monoisotopic (exact) mass is 243 g/mol. The summed E-state index contributed by atoms with van der Waals surface area (Å²) in [7, 11) is 2.17. The maximum Gasteiger partial charge on any atom is 0.150 e. The van der Waals surface area contributed by atoms with Crippen LogP contribution in [-0.2, 0) is 0 Å². The quantitative estimate of drug-likeness (QED) is 0.756. The van der Waals surface area contributed by atoms with Crippen molar-refractivity contribution in [3.63, 3.8) is 0 Å². The molecule has 2 aliphatic carbocycles. The maximum atomic E-state index is 10.6. The lowest BCUT2D eigenvalue weighted by molar-refractivity contribution is 0.112. The van der Waals surface area contributed by atoms with Crippen LogP contribution in [0.15, 0.2) is 24.3 Å². The highest BCUT2D eigenvalue weighted by Crippen LogP contribution is 2.48. The van der Waals surface area contributed by atoms with Crippen molar-refractivity contribution in [2.24, 2.45) is 17.8 Å². The van der Waals surface area contributed by atoms with Crippen LogP contribution in [0.1, 0.15) is 36.0 Å². The van der Waals surface area contributed by atoms with Crippen LogP contribution in [0.4, 0.5) is 5.69 Å². The summed E-state index contributed by atoms with van der Waals surface area (Å²) >= 11 is 0. The molecule has 0 aliphatic heterocycles. The normalized spacial score (nSPS) is 29.5. The molecular weight excluding hydrogens is 222 g/mol. The van der Waals surface area contributed by atoms with E-state index in [0.717, 1.165) is 29.6 Å². The number of aldehydes is 1. The average Bonchev–Trinajstić information content (AvgIpc) is 3.01. The van der Waals surface area contributed by atoms with E-state index >= 15 is 0 Å². The first kappa shape index (κ1) is 11.8. The van der Waals surface area contributed by atoms with Gasteiger partial charge in [-0.05, 0) is 61.3 Å². The van der Waals surface area contributed by atoms with Gasteiger partial charge in [-0.1, -0.05) is 6.42 Å². The van der Waals surface area contributed by atoms with E-state index in [4.69, 9.17) is 0 Å². The number of benzene rings is 1. The summed E-state index contributed by atoms with van der Waals surface area (Å²) in [5.41, 5.74) is 1.98. The van der Waals surface area contributed by atoms with Crippen molar-refractivity contribution in [1.29, 1.82) is 0 Å². The Morgan fingerprint density at radius 2 is 2.00 bits per heavy atom. The van der Waals surface area contributed by atoms with Crippen molar-refractivity contribution < 1.29 is 4.79 Å². The highest BCUT2D eigenvalue weighted by atomic mass is 16.1. The predicted octanol–water partition coefficient (Wildman–Crippen LogP) is 3.37. The van der Waals surface area contributed by atoms with Crippen molar-refractivity contribution in [3.05, 3.63) is 29.8 Å². The van der Waals surface area contributed by atoms with E-state index in [-0.39, 0.29) is 0 Å². The topological polar surface area (TPSA) is 20.3 Å². The SMILES string of the molecule is CN(CC1CC2CCC1C2)c1ccc(C=O)cc1. The predicted molar refractivity (Wildman–Crippen MR) is 74.0 cm³/mol. The Kier molecular flexibility index (Phi) is 3.11. The lowest BCUT2D eigenvalue weighted by Crippen LogP contribution is -2.28. The molecule has 0 N–H and O–H groups in total. The fourth-order valence-electron chi connectivity index (χ4n) is 3.86. The summed E-state index contributed by atoms with van der Waals surface area (Å²) in [6.07, 6.45) is 6.73. The molecule has 0 heterocycles. The van der Waals surface area contributed by atoms with Crippen molar-refractivity contribution in [3.8, 4) is 0 Å². The Bertz CT molecular complexity index is 425. The number of hydrogen-bond acceptors (Lipinski definition) is 2. The van der Waals surface area contributed by atoms with E-state index < -0.39 is 0 Å². The van der Waals surface area contributed by atoms with Gasteiger partial charge < -0.3 is 4.90 Å². The van der Waals surface area contributed by atoms with Gasteiger partial charge in [0.2, 0.25) is 0 Å². The summed E-state index contributed by atoms with van der Waals surface area (Å²) < 4.78 is 0. The molecule has 3 rings (SSSR count). The third-order valence-electron chi connectivity index (χ3n) is 4.86. The molecule has 0 spiro atoms. The first-order valence-corrected chi connectivity index (χ1v) is 7.02. The highest BCUT2D eigenvalue weighted by Gasteiger charge is 2.39. The molecule has 2 fully saturated rings. The number of anilines is 1. The van der Waals surface area contributed by atoms with Crippen LogP contribution in [0.3, 0.4) is 0 Å². The lowest BCUT2D eigenvalue weighted by Gasteiger charge is -2.28. The van der Waals surface area contributed by atoms with Crippen LogP contribution < -0.4 is 4.90 Å². The molecule has 0 aromatic heterocycles. The minimum atomic E-state index is 0.757. The second kappa shape index (κ2) is 4.75. The number of carbonyl (C=O) groups is 1. The molecule has 2 heteroatoms. The summed E-state index contributed by atoms with van der Waals surface area (Å²) in [4.78, 5) is 13.0. The van der Waals surface area contributed by atoms with Gasteiger partial charge in [-0.2, -0.15) is 0 Å². The average molecular weight is 243 g/mol. The fraction of sp³-hybridized carbons (Fsp3) is 0.562. The Hall–Kier alpha value is -1.31. The second-order valence-electron chi connectivity index (χ2n) is 6.02. The minimum absolute atomic E-state index is 0.757. The lowest BCUT2D eigenvalue weighted by atomic mass is 9.88. The molecule has 2 saturated carbocycles. The maximum absolute atomic E-state index is 10.6. The summed E-state index contributed by atoms with van der Waals surface area (Å²) in [5.74, 6) is 2.89. The van der Waals surface area contributed by atoms with E-state index in [9.17, 15) is 4.79 Å². The molecule has 96 valence electrons. The molecule has 3 atom stereocenters. The van der Waals surface area contributed by atoms with Gasteiger partial charge in [0.25, 0.3) is 0 Å². The van der Waals surface area contributed by atoms with Gasteiger partial charge in [0.1, 0.15) is 6.29 Å². The summed E-state index contributed by atoms with van der Waals surface area (Å²) in [6, 6.07) is 7.91. The fourth-order valence-corrected chi connectivity index (χ4v) is 3.86. The minimum Gasteiger partial charge on any atom is -0.374 e. The van der Waals surface area contributed by atoms with Crippen LogP contribution in [-0.4, -0.2) is 19.9 Å². The Morgan fingerprint density at radius 3 is 2.56 bits per heavy atom. The van der Waals surface area contributed by atoms with Gasteiger partial charge in [-0.3, -0.25) is 4.79 Å². The molecule has 0 radical (unpaired) electrons. The second-order valence-corrected chi connectivity index (χ2v) is 6.02. The van der Waals surface area contributed by atoms with Crippen molar-refractivity contribution in [2.45, 2.75) is 25.7 Å². The van der Waals surface area contributed by atoms with Gasteiger partial charge >= 0.3 is 0 Å². The molecule has 0 saturated heterocycles. The van der Waals surface area contributed by atoms with Crippen LogP contribution in [0, 0.1) is 17.8 Å². The zero-order chi connectivity index (χ0) is 12.5. The van der Waals surface area contributed by atoms with Gasteiger partial charge in [0.15, 0.2) is 0 Å². The molecule has 2 nitrogen and oxygen atoms in total. The Morgan fingerprint density at radius 1 is 1.22 bits per heavy atom. The number of nitrogens with zero attached hydrogens (tertiary/aromatic N) is 1. The van der Waals surface area contributed by atoms with Crippen molar-refractivity contribution in [2.75, 3.05) is 18.5 Å². The third-order valence-corrected chi connectivity index (χ3v) is 4.86. The number of hydrogen-bond donors (Lipinski definition) is 0. The Labute approximate surface area is 109 Å². The smallest absolute Gasteiger partial charge is 0.150 e. The standard InChI is InChI=1S/C16H21NO/c1-17(16-6-3-12(11-18)4-7-16)10-15-9-13-2-5-14(15)8-13/h3-4,6-7,11,13-15H,2,5,8-10H2,1H3. The van der Waals surface area contributed by atoms with Gasteiger partial charge in [-0.15, -0.1) is 0 Å². The summed E-state index contributed by atoms with van der Waals surface area (Å²) in [5, 5.41) is 0. The van der Waals surface area contributed by atoms with Crippen LogP contribution in [0.5, 0.6) is 0 Å². The van der Waals surface area contributed by atoms with Crippen LogP contribution in [0.25, 0.3) is 0 Å². The summed E-state index contributed by atoms with van der Waals surface area (Å²) in [6.45, 7) is 1.17. The number of fused-ring (bicyclic) bond motifs is 2. The number of carbonyl (C=O) groups excluding carboxylic acids is 1. The third kappa shape index (κ3) is 2.16. The van der Waals surface area contributed by atoms with Gasteiger partial charge in [0.05, 0.1) is 0 Å². The molecule has 1 aromatic rings. The molecular formula is C16H21NO. The zero-order valence-electron chi connectivity index (χ0n) is 11.0. The first-order valence-electron chi connectivity index (χ1n) is 7.02. The van der Waals surface area contributed by atoms with E-state index in [0.29, 0.717) is 0 Å². The zero-order valence-corrected chi connectivity index (χ0v) is 11.0. The van der Waals surface area contributed by atoms with Crippen molar-refractivity contribution >= 4 is 12.0 Å². The van der Waals surface area contributed by atoms with Crippen LogP contribution >= 0.6 is 0 Å². The molecule has 2 aliphatic rings. The highest BCUT2D eigenvalue weighted by molar-refractivity contribution is 5.75. The molecule has 3 unspecified atom stereocenters. The number of rotatable bonds is 4. The first-order chi connectivity index (χ1) is 8.76. The molecule has 2 bridgehead atoms. The van der Waals surface area contributed by atoms with E-state index in [1.807, 2.05) is 12.1 Å². The molecule has 18 heavy (non-hydrogen) atoms. The largest absolute Gasteiger partial charge is 0.374 e. The van der Waals surface area contributed by atoms with Gasteiger partial charge in [-0.25, -0.2) is 0 Å². The van der Waals surface area contributed by atoms with Gasteiger partial charge in [0, 0.05) is 24.8 Å². The molecule has 0 amide bonds. The van der Waals surface area contributed by atoms with E-state index in [2.05, 4.69) is 24.1 Å². The van der Waals surface area contributed by atoms with Crippen LogP contribution in [0.2, 0.25) is 0 Å². The van der Waals surface area contributed by atoms with E-state index in [1.54, 1.807) is 0 Å². The van der Waals surface area contributed by atoms with Crippen molar-refractivity contribution in [1.82, 2.24) is 0 Å². The molecule has 1 aromatic carbocycles.